The Morgan fingerprint density at radius 1 is 1.15 bits per heavy atom. The summed E-state index contributed by atoms with van der Waals surface area (Å²) in [4.78, 5) is 23.0. The van der Waals surface area contributed by atoms with Gasteiger partial charge in [0.1, 0.15) is 11.6 Å². The molecule has 1 amide bonds. The van der Waals surface area contributed by atoms with Gasteiger partial charge in [0.2, 0.25) is 0 Å². The van der Waals surface area contributed by atoms with Gasteiger partial charge in [-0.25, -0.2) is 9.18 Å². The maximum atomic E-state index is 13.9. The van der Waals surface area contributed by atoms with Crippen molar-refractivity contribution in [3.8, 4) is 5.75 Å². The van der Waals surface area contributed by atoms with E-state index in [9.17, 15) is 14.0 Å². The minimum absolute atomic E-state index is 0.0226. The average Bonchev–Trinajstić information content (AvgIpc) is 2.65. The topological polar surface area (TPSA) is 94.1 Å². The fraction of sp³-hybridized carbons (Fsp3) is 0.263. The van der Waals surface area contributed by atoms with Crippen LogP contribution in [-0.2, 0) is 20.9 Å². The van der Waals surface area contributed by atoms with E-state index in [1.165, 1.54) is 31.4 Å². The molecule has 2 aromatic rings. The summed E-state index contributed by atoms with van der Waals surface area (Å²) in [5.74, 6) is -1.70. The van der Waals surface area contributed by atoms with E-state index in [4.69, 9.17) is 19.3 Å². The number of carbonyl (C=O) groups is 2. The van der Waals surface area contributed by atoms with Gasteiger partial charge in [0.25, 0.3) is 5.91 Å². The van der Waals surface area contributed by atoms with E-state index in [2.05, 4.69) is 5.32 Å². The van der Waals surface area contributed by atoms with E-state index in [1.807, 2.05) is 0 Å². The van der Waals surface area contributed by atoms with Gasteiger partial charge >= 0.3 is 5.97 Å². The number of ether oxygens (including phenoxy) is 3. The van der Waals surface area contributed by atoms with Crippen molar-refractivity contribution in [2.75, 3.05) is 32.2 Å². The van der Waals surface area contributed by atoms with Crippen molar-refractivity contribution < 1.29 is 33.3 Å². The van der Waals surface area contributed by atoms with Crippen LogP contribution in [-0.4, -0.2) is 43.9 Å². The minimum Gasteiger partial charge on any atom is -0.482 e. The van der Waals surface area contributed by atoms with E-state index in [1.54, 1.807) is 18.2 Å². The molecule has 0 aliphatic heterocycles. The molecule has 0 bridgehead atoms. The predicted octanol–water partition coefficient (Wildman–Crippen LogP) is 2.70. The monoisotopic (exact) mass is 377 g/mol. The van der Waals surface area contributed by atoms with Crippen LogP contribution >= 0.6 is 0 Å². The summed E-state index contributed by atoms with van der Waals surface area (Å²) < 4.78 is 29.1. The molecule has 0 aromatic heterocycles. The number of hydrogen-bond donors (Lipinski definition) is 2. The molecule has 2 N–H and O–H groups in total. The number of anilines is 1. The molecule has 8 heteroatoms. The Bertz CT molecular complexity index is 796. The minimum atomic E-state index is -1.10. The summed E-state index contributed by atoms with van der Waals surface area (Å²) >= 11 is 0. The number of carboxylic acid groups (broad SMARTS) is 1. The SMILES string of the molecule is COCCOCc1cc(C(=O)Nc2cccc(OCC(=O)O)c2)ccc1F. The molecule has 2 aromatic carbocycles. The number of carboxylic acids is 1. The van der Waals surface area contributed by atoms with Gasteiger partial charge in [0, 0.05) is 30.0 Å². The molecular formula is C19H20FNO6. The van der Waals surface area contributed by atoms with Crippen molar-refractivity contribution in [3.05, 3.63) is 59.4 Å². The van der Waals surface area contributed by atoms with Crippen molar-refractivity contribution in [1.82, 2.24) is 0 Å². The number of benzene rings is 2. The third-order valence-electron chi connectivity index (χ3n) is 3.45. The van der Waals surface area contributed by atoms with Crippen molar-refractivity contribution >= 4 is 17.6 Å². The summed E-state index contributed by atoms with van der Waals surface area (Å²) in [6.07, 6.45) is 0. The molecule has 0 fully saturated rings. The Labute approximate surface area is 155 Å². The quantitative estimate of drug-likeness (QED) is 0.619. The highest BCUT2D eigenvalue weighted by molar-refractivity contribution is 6.04. The Morgan fingerprint density at radius 2 is 1.96 bits per heavy atom. The van der Waals surface area contributed by atoms with Gasteiger partial charge in [-0.2, -0.15) is 0 Å². The van der Waals surface area contributed by atoms with Crippen molar-refractivity contribution in [3.63, 3.8) is 0 Å². The number of amides is 1. The zero-order valence-corrected chi connectivity index (χ0v) is 14.7. The molecule has 2 rings (SSSR count). The van der Waals surface area contributed by atoms with Crippen molar-refractivity contribution in [2.45, 2.75) is 6.61 Å². The van der Waals surface area contributed by atoms with Crippen molar-refractivity contribution in [1.29, 1.82) is 0 Å². The lowest BCUT2D eigenvalue weighted by atomic mass is 10.1. The molecule has 0 saturated heterocycles. The summed E-state index contributed by atoms with van der Waals surface area (Å²) in [5, 5.41) is 11.3. The smallest absolute Gasteiger partial charge is 0.341 e. The van der Waals surface area contributed by atoms with Crippen LogP contribution in [0.3, 0.4) is 0 Å². The second kappa shape index (κ2) is 10.2. The molecule has 0 saturated carbocycles. The first-order valence-corrected chi connectivity index (χ1v) is 8.10. The molecule has 0 atom stereocenters. The fourth-order valence-electron chi connectivity index (χ4n) is 2.16. The highest BCUT2D eigenvalue weighted by Crippen LogP contribution is 2.19. The third kappa shape index (κ3) is 6.69. The number of methoxy groups -OCH3 is 1. The van der Waals surface area contributed by atoms with E-state index in [0.29, 0.717) is 24.7 Å². The Hall–Kier alpha value is -2.97. The number of aliphatic carboxylic acids is 1. The van der Waals surface area contributed by atoms with Gasteiger partial charge in [0.15, 0.2) is 6.61 Å². The van der Waals surface area contributed by atoms with E-state index < -0.39 is 24.3 Å². The molecule has 7 nitrogen and oxygen atoms in total. The molecule has 0 aliphatic rings. The molecular weight excluding hydrogens is 357 g/mol. The predicted molar refractivity (Wildman–Crippen MR) is 95.5 cm³/mol. The van der Waals surface area contributed by atoms with Crippen molar-refractivity contribution in [2.24, 2.45) is 0 Å². The zero-order valence-electron chi connectivity index (χ0n) is 14.7. The Balaban J connectivity index is 2.03. The van der Waals surface area contributed by atoms with E-state index >= 15 is 0 Å². The number of hydrogen-bond acceptors (Lipinski definition) is 5. The van der Waals surface area contributed by atoms with Crippen LogP contribution < -0.4 is 10.1 Å². The third-order valence-corrected chi connectivity index (χ3v) is 3.45. The highest BCUT2D eigenvalue weighted by atomic mass is 19.1. The van der Waals surface area contributed by atoms with E-state index in [0.717, 1.165) is 0 Å². The van der Waals surface area contributed by atoms with Crippen LogP contribution in [0.4, 0.5) is 10.1 Å². The largest absolute Gasteiger partial charge is 0.482 e. The number of rotatable bonds is 10. The van der Waals surface area contributed by atoms with Crippen LogP contribution in [0.5, 0.6) is 5.75 Å². The number of carbonyl (C=O) groups excluding carboxylic acids is 1. The Kier molecular flexibility index (Phi) is 7.72. The molecule has 0 spiro atoms. The summed E-state index contributed by atoms with van der Waals surface area (Å²) in [6, 6.07) is 10.3. The lowest BCUT2D eigenvalue weighted by Gasteiger charge is -2.10. The summed E-state index contributed by atoms with van der Waals surface area (Å²) in [5.41, 5.74) is 0.945. The van der Waals surface area contributed by atoms with Crippen LogP contribution in [0.2, 0.25) is 0 Å². The maximum absolute atomic E-state index is 13.9. The number of halogens is 1. The lowest BCUT2D eigenvalue weighted by molar-refractivity contribution is -0.139. The van der Waals surface area contributed by atoms with Gasteiger partial charge in [-0.3, -0.25) is 4.79 Å². The van der Waals surface area contributed by atoms with Crippen LogP contribution in [0, 0.1) is 5.82 Å². The molecule has 144 valence electrons. The van der Waals surface area contributed by atoms with Crippen LogP contribution in [0.25, 0.3) is 0 Å². The molecule has 0 aliphatic carbocycles. The summed E-state index contributed by atoms with van der Waals surface area (Å²) in [6.45, 7) is 0.244. The molecule has 27 heavy (non-hydrogen) atoms. The standard InChI is InChI=1S/C19H20FNO6/c1-25-7-8-26-11-14-9-13(5-6-17(14)20)19(24)21-15-3-2-4-16(10-15)27-12-18(22)23/h2-6,9-10H,7-8,11-12H2,1H3,(H,21,24)(H,22,23). The molecule has 0 unspecified atom stereocenters. The first kappa shape index (κ1) is 20.3. The first-order valence-electron chi connectivity index (χ1n) is 8.10. The average molecular weight is 377 g/mol. The van der Waals surface area contributed by atoms with Gasteiger partial charge in [-0.1, -0.05) is 6.07 Å². The zero-order chi connectivity index (χ0) is 19.6. The van der Waals surface area contributed by atoms with Gasteiger partial charge in [0.05, 0.1) is 19.8 Å². The van der Waals surface area contributed by atoms with Crippen LogP contribution in [0.1, 0.15) is 15.9 Å². The second-order valence-electron chi connectivity index (χ2n) is 5.52. The lowest BCUT2D eigenvalue weighted by Crippen LogP contribution is -2.13. The fourth-order valence-corrected chi connectivity index (χ4v) is 2.16. The second-order valence-corrected chi connectivity index (χ2v) is 5.52. The molecule has 0 heterocycles. The van der Waals surface area contributed by atoms with Gasteiger partial charge < -0.3 is 24.6 Å². The highest BCUT2D eigenvalue weighted by Gasteiger charge is 2.11. The number of nitrogens with one attached hydrogen (secondary N) is 1. The summed E-state index contributed by atoms with van der Waals surface area (Å²) in [7, 11) is 1.54. The first-order chi connectivity index (χ1) is 13.0. The Morgan fingerprint density at radius 3 is 2.70 bits per heavy atom. The van der Waals surface area contributed by atoms with Crippen LogP contribution in [0.15, 0.2) is 42.5 Å². The maximum Gasteiger partial charge on any atom is 0.341 e. The normalized spacial score (nSPS) is 10.4. The molecule has 0 radical (unpaired) electrons. The van der Waals surface area contributed by atoms with Gasteiger partial charge in [-0.15, -0.1) is 0 Å². The van der Waals surface area contributed by atoms with E-state index in [-0.39, 0.29) is 17.7 Å². The van der Waals surface area contributed by atoms with Gasteiger partial charge in [-0.05, 0) is 30.3 Å².